The van der Waals surface area contributed by atoms with Crippen LogP contribution in [0.25, 0.3) is 0 Å². The molecule has 0 radical (unpaired) electrons. The molecule has 0 bridgehead atoms. The number of halogens is 3. The van der Waals surface area contributed by atoms with Gasteiger partial charge in [-0.2, -0.15) is 0 Å². The predicted octanol–water partition coefficient (Wildman–Crippen LogP) is 5.66. The Morgan fingerprint density at radius 3 is 2.53 bits per heavy atom. The van der Waals surface area contributed by atoms with Crippen LogP contribution in [0.15, 0.2) is 65.7 Å². The van der Waals surface area contributed by atoms with Gasteiger partial charge in [0.25, 0.3) is 10.0 Å². The average molecular weight is 536 g/mol. The average Bonchev–Trinajstić information content (AvgIpc) is 2.88. The summed E-state index contributed by atoms with van der Waals surface area (Å²) in [4.78, 5) is 6.60. The molecule has 6 nitrogen and oxygen atoms in total. The highest BCUT2D eigenvalue weighted by Crippen LogP contribution is 2.31. The van der Waals surface area contributed by atoms with Crippen molar-refractivity contribution in [2.24, 2.45) is 0 Å². The molecule has 1 aliphatic heterocycles. The van der Waals surface area contributed by atoms with Crippen LogP contribution in [0.3, 0.4) is 0 Å². The van der Waals surface area contributed by atoms with Gasteiger partial charge in [-0.3, -0.25) is 9.29 Å². The number of benzene rings is 2. The Morgan fingerprint density at radius 1 is 1.03 bits per heavy atom. The number of hydrogen-bond acceptors (Lipinski definition) is 5. The van der Waals surface area contributed by atoms with E-state index >= 15 is 0 Å². The van der Waals surface area contributed by atoms with Crippen LogP contribution in [0.2, 0.25) is 5.02 Å². The summed E-state index contributed by atoms with van der Waals surface area (Å²) < 4.78 is 62.8. The normalized spacial score (nSPS) is 14.5. The third-order valence-corrected chi connectivity index (χ3v) is 8.07. The van der Waals surface area contributed by atoms with Gasteiger partial charge in [0.1, 0.15) is 23.1 Å². The standard InChI is InChI=1S/C26H28ClF2N3O3S/c27-20-7-10-22(11-8-20)36(33,34)32(25-18-21(28)9-12-23(25)29)19-24-26(6-4-13-30-24)35-17-5-16-31-14-2-1-3-15-31/h4,6-13,18H,1-3,5,14-17,19H2. The first-order valence-electron chi connectivity index (χ1n) is 11.9. The molecule has 3 aromatic rings. The van der Waals surface area contributed by atoms with E-state index in [2.05, 4.69) is 9.88 Å². The van der Waals surface area contributed by atoms with Crippen LogP contribution in [-0.4, -0.2) is 44.5 Å². The van der Waals surface area contributed by atoms with E-state index < -0.39 is 27.3 Å². The molecular weight excluding hydrogens is 508 g/mol. The minimum Gasteiger partial charge on any atom is -0.492 e. The summed E-state index contributed by atoms with van der Waals surface area (Å²) in [7, 11) is -4.30. The molecule has 0 unspecified atom stereocenters. The minimum atomic E-state index is -4.30. The third-order valence-electron chi connectivity index (χ3n) is 6.05. The number of anilines is 1. The maximum atomic E-state index is 14.8. The second-order valence-electron chi connectivity index (χ2n) is 8.61. The first-order valence-corrected chi connectivity index (χ1v) is 13.7. The molecule has 10 heteroatoms. The predicted molar refractivity (Wildman–Crippen MR) is 136 cm³/mol. The summed E-state index contributed by atoms with van der Waals surface area (Å²) in [6, 6.07) is 11.5. The van der Waals surface area contributed by atoms with E-state index in [-0.39, 0.29) is 17.1 Å². The smallest absolute Gasteiger partial charge is 0.264 e. The van der Waals surface area contributed by atoms with Gasteiger partial charge in [0.2, 0.25) is 0 Å². The molecule has 0 atom stereocenters. The number of aromatic nitrogens is 1. The van der Waals surface area contributed by atoms with Gasteiger partial charge < -0.3 is 9.64 Å². The van der Waals surface area contributed by atoms with E-state index in [1.807, 2.05) is 0 Å². The molecule has 1 aliphatic rings. The Labute approximate surface area is 215 Å². The van der Waals surface area contributed by atoms with Gasteiger partial charge >= 0.3 is 0 Å². The fraction of sp³-hybridized carbons (Fsp3) is 0.346. The van der Waals surface area contributed by atoms with Crippen molar-refractivity contribution in [3.05, 3.63) is 83.1 Å². The molecule has 1 saturated heterocycles. The highest BCUT2D eigenvalue weighted by Gasteiger charge is 2.29. The van der Waals surface area contributed by atoms with Gasteiger partial charge in [-0.15, -0.1) is 0 Å². The summed E-state index contributed by atoms with van der Waals surface area (Å²) in [5.74, 6) is -1.25. The number of piperidine rings is 1. The van der Waals surface area contributed by atoms with Crippen molar-refractivity contribution in [3.8, 4) is 5.75 Å². The number of nitrogens with zero attached hydrogens (tertiary/aromatic N) is 3. The van der Waals surface area contributed by atoms with Crippen molar-refractivity contribution in [1.29, 1.82) is 0 Å². The SMILES string of the molecule is O=S(=O)(c1ccc(Cl)cc1)N(Cc1ncccc1OCCCN1CCCCC1)c1cc(F)ccc1F. The Balaban J connectivity index is 1.58. The Kier molecular flexibility index (Phi) is 8.77. The minimum absolute atomic E-state index is 0.115. The second kappa shape index (κ2) is 12.0. The number of pyridine rings is 1. The van der Waals surface area contributed by atoms with Gasteiger partial charge in [0.15, 0.2) is 0 Å². The van der Waals surface area contributed by atoms with E-state index in [4.69, 9.17) is 16.3 Å². The lowest BCUT2D eigenvalue weighted by atomic mass is 10.1. The van der Waals surface area contributed by atoms with Gasteiger partial charge in [-0.1, -0.05) is 18.0 Å². The molecule has 1 aromatic heterocycles. The first kappa shape index (κ1) is 26.3. The maximum absolute atomic E-state index is 14.8. The highest BCUT2D eigenvalue weighted by atomic mass is 35.5. The van der Waals surface area contributed by atoms with Crippen molar-refractivity contribution >= 4 is 27.3 Å². The molecular formula is C26H28ClF2N3O3S. The molecule has 0 amide bonds. The number of rotatable bonds is 10. The second-order valence-corrected chi connectivity index (χ2v) is 10.9. The quantitative estimate of drug-likeness (QED) is 0.313. The Morgan fingerprint density at radius 2 is 1.78 bits per heavy atom. The van der Waals surface area contributed by atoms with Crippen molar-refractivity contribution in [2.75, 3.05) is 30.5 Å². The lowest BCUT2D eigenvalue weighted by Gasteiger charge is -2.26. The Bertz CT molecular complexity index is 1270. The van der Waals surface area contributed by atoms with Crippen molar-refractivity contribution in [3.63, 3.8) is 0 Å². The molecule has 192 valence electrons. The molecule has 36 heavy (non-hydrogen) atoms. The van der Waals surface area contributed by atoms with Crippen LogP contribution in [0.5, 0.6) is 5.75 Å². The fourth-order valence-electron chi connectivity index (χ4n) is 4.17. The third kappa shape index (κ3) is 6.52. The molecule has 0 N–H and O–H groups in total. The zero-order valence-electron chi connectivity index (χ0n) is 19.7. The molecule has 0 aliphatic carbocycles. The number of hydrogen-bond donors (Lipinski definition) is 0. The summed E-state index contributed by atoms with van der Waals surface area (Å²) in [6.45, 7) is 3.17. The van der Waals surface area contributed by atoms with Crippen molar-refractivity contribution < 1.29 is 21.9 Å². The van der Waals surface area contributed by atoms with Crippen LogP contribution in [0, 0.1) is 11.6 Å². The monoisotopic (exact) mass is 535 g/mol. The van der Waals surface area contributed by atoms with Crippen LogP contribution in [0.4, 0.5) is 14.5 Å². The topological polar surface area (TPSA) is 62.7 Å². The van der Waals surface area contributed by atoms with Gasteiger partial charge in [-0.05, 0) is 80.9 Å². The number of likely N-dealkylation sites (tertiary alicyclic amines) is 1. The summed E-state index contributed by atoms with van der Waals surface area (Å²) >= 11 is 5.92. The van der Waals surface area contributed by atoms with E-state index in [1.54, 1.807) is 12.1 Å². The summed E-state index contributed by atoms with van der Waals surface area (Å²) in [5, 5.41) is 0.349. The van der Waals surface area contributed by atoms with Gasteiger partial charge in [0.05, 0.1) is 23.7 Å². The number of sulfonamides is 1. The van der Waals surface area contributed by atoms with Gasteiger partial charge in [-0.25, -0.2) is 17.2 Å². The molecule has 2 aromatic carbocycles. The highest BCUT2D eigenvalue weighted by molar-refractivity contribution is 7.92. The van der Waals surface area contributed by atoms with E-state index in [9.17, 15) is 17.2 Å². The maximum Gasteiger partial charge on any atom is 0.264 e. The Hall–Kier alpha value is -2.75. The van der Waals surface area contributed by atoms with E-state index in [1.165, 1.54) is 49.7 Å². The van der Waals surface area contributed by atoms with Crippen LogP contribution in [0.1, 0.15) is 31.4 Å². The fourth-order valence-corrected chi connectivity index (χ4v) is 5.72. The molecule has 0 saturated carbocycles. The van der Waals surface area contributed by atoms with Crippen LogP contribution >= 0.6 is 11.6 Å². The van der Waals surface area contributed by atoms with Crippen LogP contribution in [-0.2, 0) is 16.6 Å². The van der Waals surface area contributed by atoms with Crippen LogP contribution < -0.4 is 9.04 Å². The lowest BCUT2D eigenvalue weighted by molar-refractivity contribution is 0.204. The molecule has 0 spiro atoms. The van der Waals surface area contributed by atoms with Crippen molar-refractivity contribution in [2.45, 2.75) is 37.1 Å². The molecule has 1 fully saturated rings. The van der Waals surface area contributed by atoms with Crippen molar-refractivity contribution in [1.82, 2.24) is 9.88 Å². The van der Waals surface area contributed by atoms with E-state index in [0.717, 1.165) is 48.6 Å². The molecule has 4 rings (SSSR count). The lowest BCUT2D eigenvalue weighted by Crippen LogP contribution is -2.32. The largest absolute Gasteiger partial charge is 0.492 e. The number of ether oxygens (including phenoxy) is 1. The van der Waals surface area contributed by atoms with E-state index in [0.29, 0.717) is 17.4 Å². The van der Waals surface area contributed by atoms with Gasteiger partial charge in [0, 0.05) is 23.8 Å². The summed E-state index contributed by atoms with van der Waals surface area (Å²) in [5.41, 5.74) is -0.136. The zero-order chi connectivity index (χ0) is 25.5. The zero-order valence-corrected chi connectivity index (χ0v) is 21.3. The first-order chi connectivity index (χ1) is 17.3. The molecule has 2 heterocycles. The summed E-state index contributed by atoms with van der Waals surface area (Å²) in [6.07, 6.45) is 6.00.